The number of non-ortho nitro benzene ring substituents is 1. The fourth-order valence-electron chi connectivity index (χ4n) is 3.30. The molecular weight excluding hydrogens is 402 g/mol. The maximum Gasteiger partial charge on any atom is 0.295 e. The van der Waals surface area contributed by atoms with E-state index in [-0.39, 0.29) is 22.5 Å². The highest BCUT2D eigenvalue weighted by molar-refractivity contribution is 6.05. The van der Waals surface area contributed by atoms with Crippen molar-refractivity contribution < 1.29 is 14.1 Å². The zero-order valence-electron chi connectivity index (χ0n) is 16.6. The molecule has 1 amide bonds. The van der Waals surface area contributed by atoms with Gasteiger partial charge in [0.25, 0.3) is 17.2 Å². The zero-order valence-corrected chi connectivity index (χ0v) is 16.6. The first-order valence-corrected chi connectivity index (χ1v) is 9.20. The summed E-state index contributed by atoms with van der Waals surface area (Å²) in [6.45, 7) is 1.69. The van der Waals surface area contributed by atoms with Crippen LogP contribution in [0.15, 0.2) is 63.8 Å². The van der Waals surface area contributed by atoms with E-state index >= 15 is 0 Å². The van der Waals surface area contributed by atoms with Gasteiger partial charge in [0.1, 0.15) is 16.8 Å². The summed E-state index contributed by atoms with van der Waals surface area (Å²) in [6, 6.07) is 14.2. The average Bonchev–Trinajstić information content (AvgIpc) is 2.96. The highest BCUT2D eigenvalue weighted by Crippen LogP contribution is 2.21. The molecule has 0 aliphatic heterocycles. The Morgan fingerprint density at radius 2 is 1.87 bits per heavy atom. The summed E-state index contributed by atoms with van der Waals surface area (Å²) in [5.74, 6) is -0.729. The van der Waals surface area contributed by atoms with Gasteiger partial charge in [0.15, 0.2) is 0 Å². The smallest absolute Gasteiger partial charge is 0.295 e. The Hall–Kier alpha value is -4.47. The third kappa shape index (κ3) is 3.39. The van der Waals surface area contributed by atoms with Crippen molar-refractivity contribution in [1.82, 2.24) is 9.36 Å². The van der Waals surface area contributed by atoms with Gasteiger partial charge in [-0.3, -0.25) is 29.8 Å². The second kappa shape index (κ2) is 7.41. The summed E-state index contributed by atoms with van der Waals surface area (Å²) in [4.78, 5) is 36.3. The first kappa shape index (κ1) is 19.8. The fourth-order valence-corrected chi connectivity index (χ4v) is 3.30. The molecule has 2 aromatic heterocycles. The zero-order chi connectivity index (χ0) is 22.3. The Balaban J connectivity index is 1.76. The molecule has 0 fully saturated rings. The lowest BCUT2D eigenvalue weighted by molar-refractivity contribution is -0.384. The Morgan fingerprint density at radius 3 is 2.55 bits per heavy atom. The summed E-state index contributed by atoms with van der Waals surface area (Å²) in [5, 5.41) is 21.9. The van der Waals surface area contributed by atoms with Crippen LogP contribution in [-0.4, -0.2) is 20.2 Å². The van der Waals surface area contributed by atoms with Crippen LogP contribution in [0.2, 0.25) is 0 Å². The number of amides is 1. The molecular formula is C21H17N5O5. The number of hydrogen-bond donors (Lipinski definition) is 2. The van der Waals surface area contributed by atoms with Crippen molar-refractivity contribution in [3.63, 3.8) is 0 Å². The van der Waals surface area contributed by atoms with Gasteiger partial charge in [0.05, 0.1) is 16.3 Å². The van der Waals surface area contributed by atoms with Crippen LogP contribution in [-0.2, 0) is 7.05 Å². The number of aromatic nitrogens is 2. The number of nitro benzene ring substituents is 1. The number of benzene rings is 2. The lowest BCUT2D eigenvalue weighted by Crippen LogP contribution is -2.25. The molecule has 4 rings (SSSR count). The Morgan fingerprint density at radius 1 is 1.16 bits per heavy atom. The van der Waals surface area contributed by atoms with E-state index in [1.807, 2.05) is 6.07 Å². The highest BCUT2D eigenvalue weighted by atomic mass is 16.6. The number of rotatable bonds is 4. The third-order valence-electron chi connectivity index (χ3n) is 5.00. The molecule has 156 valence electrons. The summed E-state index contributed by atoms with van der Waals surface area (Å²) >= 11 is 0. The van der Waals surface area contributed by atoms with Gasteiger partial charge in [-0.2, -0.15) is 0 Å². The first-order valence-electron chi connectivity index (χ1n) is 9.20. The molecule has 0 spiro atoms. The maximum atomic E-state index is 13.0. The summed E-state index contributed by atoms with van der Waals surface area (Å²) < 4.78 is 8.37. The van der Waals surface area contributed by atoms with Crippen molar-refractivity contribution >= 4 is 28.3 Å². The number of nitro groups is 1. The van der Waals surface area contributed by atoms with Crippen molar-refractivity contribution in [1.29, 1.82) is 5.41 Å². The minimum Gasteiger partial charge on any atom is -0.438 e. The molecule has 0 bridgehead atoms. The number of anilines is 1. The van der Waals surface area contributed by atoms with Gasteiger partial charge in [-0.1, -0.05) is 18.2 Å². The minimum atomic E-state index is -0.729. The average molecular weight is 419 g/mol. The monoisotopic (exact) mass is 419 g/mol. The van der Waals surface area contributed by atoms with Gasteiger partial charge >= 0.3 is 0 Å². The third-order valence-corrected chi connectivity index (χ3v) is 5.00. The van der Waals surface area contributed by atoms with Crippen LogP contribution in [0.25, 0.3) is 16.7 Å². The van der Waals surface area contributed by atoms with E-state index in [4.69, 9.17) is 9.83 Å². The summed E-state index contributed by atoms with van der Waals surface area (Å²) in [6.07, 6.45) is 0. The van der Waals surface area contributed by atoms with Crippen molar-refractivity contribution in [2.75, 3.05) is 5.32 Å². The van der Waals surface area contributed by atoms with E-state index in [2.05, 4.69) is 5.32 Å². The van der Waals surface area contributed by atoms with Crippen molar-refractivity contribution in [3.8, 4) is 5.69 Å². The van der Waals surface area contributed by atoms with Crippen LogP contribution in [0.3, 0.4) is 0 Å². The first-order chi connectivity index (χ1) is 14.8. The number of carbonyl (C=O) groups is 1. The Labute approximate surface area is 174 Å². The van der Waals surface area contributed by atoms with Gasteiger partial charge in [0, 0.05) is 24.6 Å². The van der Waals surface area contributed by atoms with Crippen LogP contribution < -0.4 is 16.4 Å². The second-order valence-electron chi connectivity index (χ2n) is 6.86. The van der Waals surface area contributed by atoms with E-state index in [0.717, 1.165) is 0 Å². The van der Waals surface area contributed by atoms with Crippen LogP contribution >= 0.6 is 0 Å². The number of nitrogens with one attached hydrogen (secondary N) is 2. The number of nitrogens with zero attached hydrogens (tertiary/aromatic N) is 3. The molecule has 10 nitrogen and oxygen atoms in total. The topological polar surface area (TPSA) is 136 Å². The van der Waals surface area contributed by atoms with Crippen molar-refractivity contribution in [2.45, 2.75) is 6.92 Å². The lowest BCUT2D eigenvalue weighted by atomic mass is 10.1. The van der Waals surface area contributed by atoms with Crippen molar-refractivity contribution in [2.24, 2.45) is 7.05 Å². The highest BCUT2D eigenvalue weighted by Gasteiger charge is 2.20. The van der Waals surface area contributed by atoms with Gasteiger partial charge in [-0.05, 0) is 31.2 Å². The predicted octanol–water partition coefficient (Wildman–Crippen LogP) is 2.87. The fraction of sp³-hybridized carbons (Fsp3) is 0.0952. The maximum absolute atomic E-state index is 13.0. The van der Waals surface area contributed by atoms with E-state index in [1.54, 1.807) is 42.9 Å². The van der Waals surface area contributed by atoms with E-state index in [9.17, 15) is 19.7 Å². The van der Waals surface area contributed by atoms with Crippen LogP contribution in [0.4, 0.5) is 11.4 Å². The van der Waals surface area contributed by atoms with Gasteiger partial charge in [0.2, 0.25) is 5.55 Å². The standard InChI is InChI=1S/C21H17N5O5/c1-12-18(21(28)25(24(12)2)14-6-4-3-5-7-14)23-20(27)16-11-13-10-15(26(29)30)8-9-17(13)31-19(16)22/h3-11,22H,1-2H3,(H,23,27). The number of hydrogen-bond acceptors (Lipinski definition) is 6. The molecule has 0 saturated heterocycles. The molecule has 0 saturated carbocycles. The van der Waals surface area contributed by atoms with Crippen LogP contribution in [0.1, 0.15) is 16.1 Å². The van der Waals surface area contributed by atoms with E-state index in [0.29, 0.717) is 16.8 Å². The van der Waals surface area contributed by atoms with Gasteiger partial charge in [-0.25, -0.2) is 4.68 Å². The Kier molecular flexibility index (Phi) is 4.74. The molecule has 0 unspecified atom stereocenters. The summed E-state index contributed by atoms with van der Waals surface area (Å²) in [5.41, 5.74) is 0.271. The molecule has 0 radical (unpaired) electrons. The quantitative estimate of drug-likeness (QED) is 0.387. The van der Waals surface area contributed by atoms with E-state index in [1.165, 1.54) is 28.9 Å². The van der Waals surface area contributed by atoms with Crippen molar-refractivity contribution in [3.05, 3.63) is 91.9 Å². The molecule has 0 aliphatic rings. The number of carbonyl (C=O) groups excluding carboxylic acids is 1. The largest absolute Gasteiger partial charge is 0.438 e. The molecule has 31 heavy (non-hydrogen) atoms. The molecule has 0 atom stereocenters. The molecule has 2 N–H and O–H groups in total. The molecule has 10 heteroatoms. The van der Waals surface area contributed by atoms with Gasteiger partial charge < -0.3 is 9.73 Å². The molecule has 0 aliphatic carbocycles. The molecule has 4 aromatic rings. The predicted molar refractivity (Wildman–Crippen MR) is 112 cm³/mol. The van der Waals surface area contributed by atoms with Crippen LogP contribution in [0.5, 0.6) is 0 Å². The molecule has 2 heterocycles. The Bertz CT molecular complexity index is 1460. The van der Waals surface area contributed by atoms with Gasteiger partial charge in [-0.15, -0.1) is 0 Å². The number of para-hydroxylation sites is 1. The SMILES string of the molecule is Cc1c(NC(=O)c2cc3cc([N+](=O)[O-])ccc3oc2=N)c(=O)n(-c2ccccc2)n1C. The summed E-state index contributed by atoms with van der Waals surface area (Å²) in [7, 11) is 1.69. The number of fused-ring (bicyclic) bond motifs is 1. The minimum absolute atomic E-state index is 0.0647. The second-order valence-corrected chi connectivity index (χ2v) is 6.86. The normalized spacial score (nSPS) is 10.9. The van der Waals surface area contributed by atoms with E-state index < -0.39 is 21.9 Å². The van der Waals surface area contributed by atoms with Crippen LogP contribution in [0, 0.1) is 22.4 Å². The molecule has 2 aromatic carbocycles. The lowest BCUT2D eigenvalue weighted by Gasteiger charge is -2.07.